The fraction of sp³-hybridized carbons (Fsp3) is 0.235. The standard InChI is InChI=1S/C17H16N4O3/c1-11(22)12-2-4-14(5-3-12)20-16(23)13-9-21(10-13)17(24)15-8-18-6-7-19-15/h2-8,13H,9-10H2,1H3,(H,20,23). The molecule has 0 spiro atoms. The normalized spacial score (nSPS) is 14.0. The monoisotopic (exact) mass is 324 g/mol. The Bertz CT molecular complexity index is 768. The van der Waals surface area contributed by atoms with Crippen LogP contribution in [-0.2, 0) is 4.79 Å². The number of amides is 2. The van der Waals surface area contributed by atoms with E-state index in [0.29, 0.717) is 24.3 Å². The quantitative estimate of drug-likeness (QED) is 0.858. The molecule has 0 unspecified atom stereocenters. The third-order valence-electron chi connectivity index (χ3n) is 3.88. The Balaban J connectivity index is 1.53. The molecule has 1 N–H and O–H groups in total. The molecule has 1 saturated heterocycles. The van der Waals surface area contributed by atoms with E-state index in [1.807, 2.05) is 0 Å². The SMILES string of the molecule is CC(=O)c1ccc(NC(=O)C2CN(C(=O)c3cnccn3)C2)cc1. The maximum atomic E-state index is 12.2. The second kappa shape index (κ2) is 6.57. The maximum Gasteiger partial charge on any atom is 0.274 e. The summed E-state index contributed by atoms with van der Waals surface area (Å²) in [5, 5.41) is 2.79. The van der Waals surface area contributed by atoms with Crippen LogP contribution in [0.2, 0.25) is 0 Å². The molecule has 0 atom stereocenters. The molecule has 3 rings (SSSR count). The molecular formula is C17H16N4O3. The van der Waals surface area contributed by atoms with Crippen LogP contribution in [0.25, 0.3) is 0 Å². The number of hydrogen-bond donors (Lipinski definition) is 1. The lowest BCUT2D eigenvalue weighted by atomic mass is 9.98. The Kier molecular flexibility index (Phi) is 4.33. The molecular weight excluding hydrogens is 308 g/mol. The number of Topliss-reactive ketones (excluding diaryl/α,β-unsaturated/α-hetero) is 1. The van der Waals surface area contributed by atoms with Gasteiger partial charge in [0, 0.05) is 36.7 Å². The molecule has 7 nitrogen and oxygen atoms in total. The van der Waals surface area contributed by atoms with Gasteiger partial charge in [0.1, 0.15) is 5.69 Å². The predicted molar refractivity (Wildman–Crippen MR) is 86.5 cm³/mol. The minimum absolute atomic E-state index is 0.0231. The number of carbonyl (C=O) groups excluding carboxylic acids is 3. The second-order valence-corrected chi connectivity index (χ2v) is 5.62. The van der Waals surface area contributed by atoms with Crippen molar-refractivity contribution in [3.63, 3.8) is 0 Å². The van der Waals surface area contributed by atoms with Crippen molar-refractivity contribution in [3.8, 4) is 0 Å². The van der Waals surface area contributed by atoms with Crippen LogP contribution in [0.1, 0.15) is 27.8 Å². The number of nitrogens with one attached hydrogen (secondary N) is 1. The van der Waals surface area contributed by atoms with E-state index in [1.165, 1.54) is 25.5 Å². The predicted octanol–water partition coefficient (Wildman–Crippen LogP) is 1.39. The molecule has 0 radical (unpaired) electrons. The second-order valence-electron chi connectivity index (χ2n) is 5.62. The van der Waals surface area contributed by atoms with Crippen molar-refractivity contribution in [2.75, 3.05) is 18.4 Å². The molecule has 0 aliphatic carbocycles. The first-order valence-electron chi connectivity index (χ1n) is 7.52. The first-order chi connectivity index (χ1) is 11.5. The van der Waals surface area contributed by atoms with Gasteiger partial charge in [-0.2, -0.15) is 0 Å². The number of benzene rings is 1. The topological polar surface area (TPSA) is 92.3 Å². The number of likely N-dealkylation sites (tertiary alicyclic amines) is 1. The minimum atomic E-state index is -0.252. The van der Waals surface area contributed by atoms with E-state index in [9.17, 15) is 14.4 Å². The zero-order chi connectivity index (χ0) is 17.1. The zero-order valence-electron chi connectivity index (χ0n) is 13.1. The van der Waals surface area contributed by atoms with E-state index in [-0.39, 0.29) is 29.2 Å². The first-order valence-corrected chi connectivity index (χ1v) is 7.52. The van der Waals surface area contributed by atoms with Crippen molar-refractivity contribution >= 4 is 23.3 Å². The van der Waals surface area contributed by atoms with Gasteiger partial charge >= 0.3 is 0 Å². The number of carbonyl (C=O) groups is 3. The van der Waals surface area contributed by atoms with Gasteiger partial charge in [-0.1, -0.05) is 0 Å². The number of ketones is 1. The van der Waals surface area contributed by atoms with Gasteiger partial charge in [0.2, 0.25) is 5.91 Å². The van der Waals surface area contributed by atoms with Crippen LogP contribution in [0.5, 0.6) is 0 Å². The number of rotatable bonds is 4. The first kappa shape index (κ1) is 15.8. The highest BCUT2D eigenvalue weighted by atomic mass is 16.2. The highest BCUT2D eigenvalue weighted by molar-refractivity contribution is 5.98. The summed E-state index contributed by atoms with van der Waals surface area (Å²) in [5.74, 6) is -0.644. The van der Waals surface area contributed by atoms with Gasteiger partial charge < -0.3 is 10.2 Å². The average Bonchev–Trinajstić information content (AvgIpc) is 2.54. The van der Waals surface area contributed by atoms with Crippen LogP contribution in [0.3, 0.4) is 0 Å². The molecule has 1 aromatic heterocycles. The van der Waals surface area contributed by atoms with E-state index in [4.69, 9.17) is 0 Å². The Labute approximate surface area is 138 Å². The molecule has 0 bridgehead atoms. The highest BCUT2D eigenvalue weighted by Crippen LogP contribution is 2.20. The summed E-state index contributed by atoms with van der Waals surface area (Å²) < 4.78 is 0. The number of aromatic nitrogens is 2. The summed E-state index contributed by atoms with van der Waals surface area (Å²) in [6, 6.07) is 6.72. The number of hydrogen-bond acceptors (Lipinski definition) is 5. The lowest BCUT2D eigenvalue weighted by molar-refractivity contribution is -0.123. The van der Waals surface area contributed by atoms with Crippen LogP contribution in [0.4, 0.5) is 5.69 Å². The van der Waals surface area contributed by atoms with E-state index in [1.54, 1.807) is 29.2 Å². The maximum absolute atomic E-state index is 12.2. The number of nitrogens with zero attached hydrogens (tertiary/aromatic N) is 3. The Morgan fingerprint density at radius 3 is 2.42 bits per heavy atom. The third kappa shape index (κ3) is 3.29. The van der Waals surface area contributed by atoms with E-state index in [2.05, 4.69) is 15.3 Å². The molecule has 1 aromatic carbocycles. The molecule has 2 amide bonds. The molecule has 1 aliphatic heterocycles. The molecule has 7 heteroatoms. The lowest BCUT2D eigenvalue weighted by Gasteiger charge is -2.37. The van der Waals surface area contributed by atoms with Crippen LogP contribution < -0.4 is 5.32 Å². The number of anilines is 1. The Morgan fingerprint density at radius 2 is 1.83 bits per heavy atom. The van der Waals surface area contributed by atoms with Crippen LogP contribution >= 0.6 is 0 Å². The Morgan fingerprint density at radius 1 is 1.12 bits per heavy atom. The zero-order valence-corrected chi connectivity index (χ0v) is 13.1. The van der Waals surface area contributed by atoms with Crippen molar-refractivity contribution in [1.29, 1.82) is 0 Å². The average molecular weight is 324 g/mol. The molecule has 122 valence electrons. The van der Waals surface area contributed by atoms with Crippen LogP contribution in [0.15, 0.2) is 42.9 Å². The largest absolute Gasteiger partial charge is 0.336 e. The molecule has 1 aliphatic rings. The van der Waals surface area contributed by atoms with Crippen LogP contribution in [-0.4, -0.2) is 45.6 Å². The fourth-order valence-electron chi connectivity index (χ4n) is 2.41. The summed E-state index contributed by atoms with van der Waals surface area (Å²) in [6.07, 6.45) is 4.37. The van der Waals surface area contributed by atoms with Crippen molar-refractivity contribution < 1.29 is 14.4 Å². The van der Waals surface area contributed by atoms with Gasteiger partial charge in [0.05, 0.1) is 12.1 Å². The summed E-state index contributed by atoms with van der Waals surface area (Å²) in [5.41, 5.74) is 1.50. The Hall–Kier alpha value is -3.09. The molecule has 2 heterocycles. The van der Waals surface area contributed by atoms with Gasteiger partial charge in [-0.05, 0) is 31.2 Å². The summed E-state index contributed by atoms with van der Waals surface area (Å²) in [7, 11) is 0. The third-order valence-corrected chi connectivity index (χ3v) is 3.88. The molecule has 24 heavy (non-hydrogen) atoms. The summed E-state index contributed by atoms with van der Waals surface area (Å²) in [4.78, 5) is 44.9. The van der Waals surface area contributed by atoms with Gasteiger partial charge in [-0.15, -0.1) is 0 Å². The molecule has 1 fully saturated rings. The van der Waals surface area contributed by atoms with Crippen molar-refractivity contribution in [1.82, 2.24) is 14.9 Å². The molecule has 2 aromatic rings. The smallest absolute Gasteiger partial charge is 0.274 e. The van der Waals surface area contributed by atoms with Gasteiger partial charge in [0.15, 0.2) is 5.78 Å². The lowest BCUT2D eigenvalue weighted by Crippen LogP contribution is -2.54. The minimum Gasteiger partial charge on any atom is -0.336 e. The van der Waals surface area contributed by atoms with Gasteiger partial charge in [-0.25, -0.2) is 4.98 Å². The van der Waals surface area contributed by atoms with Crippen LogP contribution in [0, 0.1) is 5.92 Å². The van der Waals surface area contributed by atoms with Crippen molar-refractivity contribution in [3.05, 3.63) is 54.1 Å². The summed E-state index contributed by atoms with van der Waals surface area (Å²) >= 11 is 0. The fourth-order valence-corrected chi connectivity index (χ4v) is 2.41. The van der Waals surface area contributed by atoms with E-state index >= 15 is 0 Å². The van der Waals surface area contributed by atoms with Crippen molar-refractivity contribution in [2.45, 2.75) is 6.92 Å². The van der Waals surface area contributed by atoms with E-state index in [0.717, 1.165) is 0 Å². The molecule has 0 saturated carbocycles. The van der Waals surface area contributed by atoms with Crippen molar-refractivity contribution in [2.24, 2.45) is 5.92 Å². The van der Waals surface area contributed by atoms with E-state index < -0.39 is 0 Å². The van der Waals surface area contributed by atoms with Gasteiger partial charge in [0.25, 0.3) is 5.91 Å². The van der Waals surface area contributed by atoms with Gasteiger partial charge in [-0.3, -0.25) is 19.4 Å². The highest BCUT2D eigenvalue weighted by Gasteiger charge is 2.36. The summed E-state index contributed by atoms with van der Waals surface area (Å²) in [6.45, 7) is 2.20.